The van der Waals surface area contributed by atoms with Crippen LogP contribution >= 0.6 is 0 Å². The first-order chi connectivity index (χ1) is 26.1. The number of carbonyl (C=O) groups excluding carboxylic acids is 3. The van der Waals surface area contributed by atoms with Crippen LogP contribution in [0.5, 0.6) is 23.0 Å². The molecule has 1 aliphatic carbocycles. The van der Waals surface area contributed by atoms with Gasteiger partial charge in [0, 0.05) is 28.0 Å². The number of benzene rings is 4. The van der Waals surface area contributed by atoms with E-state index in [1.54, 1.807) is 32.9 Å². The molecule has 0 saturated heterocycles. The van der Waals surface area contributed by atoms with E-state index in [2.05, 4.69) is 10.6 Å². The second-order valence-corrected chi connectivity index (χ2v) is 15.1. The Kier molecular flexibility index (Phi) is 10.8. The zero-order valence-electron chi connectivity index (χ0n) is 32.0. The van der Waals surface area contributed by atoms with Gasteiger partial charge in [0.15, 0.2) is 0 Å². The highest BCUT2D eigenvalue weighted by molar-refractivity contribution is 5.90. The summed E-state index contributed by atoms with van der Waals surface area (Å²) in [5.41, 5.74) is 5.09. The summed E-state index contributed by atoms with van der Waals surface area (Å²) in [6.07, 6.45) is -1.68. The lowest BCUT2D eigenvalue weighted by atomic mass is 9.74. The Balaban J connectivity index is 1.24. The van der Waals surface area contributed by atoms with E-state index in [0.29, 0.717) is 34.1 Å². The molecule has 2 amide bonds. The first-order valence-electron chi connectivity index (χ1n) is 18.0. The number of rotatable bonds is 12. The lowest BCUT2D eigenvalue weighted by molar-refractivity contribution is -0.156. The highest BCUT2D eigenvalue weighted by Crippen LogP contribution is 2.53. The molecular formula is C43H46N2O10. The lowest BCUT2D eigenvalue weighted by Crippen LogP contribution is -2.48. The summed E-state index contributed by atoms with van der Waals surface area (Å²) in [6, 6.07) is 21.7. The van der Waals surface area contributed by atoms with Crippen molar-refractivity contribution in [3.05, 3.63) is 106 Å². The second kappa shape index (κ2) is 15.4. The number of esters is 1. The Morgan fingerprint density at radius 3 is 1.91 bits per heavy atom. The van der Waals surface area contributed by atoms with E-state index in [-0.39, 0.29) is 25.5 Å². The van der Waals surface area contributed by atoms with Gasteiger partial charge in [0.25, 0.3) is 0 Å². The van der Waals surface area contributed by atoms with Crippen LogP contribution in [-0.4, -0.2) is 61.5 Å². The van der Waals surface area contributed by atoms with Gasteiger partial charge in [-0.2, -0.15) is 0 Å². The van der Waals surface area contributed by atoms with Crippen molar-refractivity contribution in [3.63, 3.8) is 0 Å². The van der Waals surface area contributed by atoms with Crippen molar-refractivity contribution in [1.82, 2.24) is 10.6 Å². The second-order valence-electron chi connectivity index (χ2n) is 15.1. The van der Waals surface area contributed by atoms with Gasteiger partial charge < -0.3 is 39.4 Å². The van der Waals surface area contributed by atoms with Gasteiger partial charge in [-0.05, 0) is 55.2 Å². The van der Waals surface area contributed by atoms with E-state index >= 15 is 0 Å². The van der Waals surface area contributed by atoms with Gasteiger partial charge in [0.2, 0.25) is 5.91 Å². The van der Waals surface area contributed by atoms with Crippen molar-refractivity contribution in [2.75, 3.05) is 20.8 Å². The van der Waals surface area contributed by atoms with E-state index in [0.717, 1.165) is 33.4 Å². The maximum atomic E-state index is 13.9. The minimum absolute atomic E-state index is 0.0111. The van der Waals surface area contributed by atoms with Crippen LogP contribution in [-0.2, 0) is 42.2 Å². The van der Waals surface area contributed by atoms with Crippen molar-refractivity contribution in [3.8, 4) is 34.1 Å². The summed E-state index contributed by atoms with van der Waals surface area (Å²) < 4.78 is 29.0. The van der Waals surface area contributed by atoms with Gasteiger partial charge in [0.1, 0.15) is 41.2 Å². The van der Waals surface area contributed by atoms with Crippen molar-refractivity contribution >= 4 is 23.9 Å². The SMILES string of the molecule is COc1ccc2c(c1CNC(=O)[C@@H](CC(=O)OC(C)(C)C)NC(=O)OCC1c3ccccc3-c3ccccc31)Oc1c(ccc(OC)c1CC(=O)O)C2(C)C. The fourth-order valence-corrected chi connectivity index (χ4v) is 7.39. The summed E-state index contributed by atoms with van der Waals surface area (Å²) in [5, 5.41) is 15.2. The predicted octanol–water partition coefficient (Wildman–Crippen LogP) is 7.02. The molecule has 0 spiro atoms. The van der Waals surface area contributed by atoms with Crippen LogP contribution in [0.2, 0.25) is 0 Å². The molecular weight excluding hydrogens is 704 g/mol. The largest absolute Gasteiger partial charge is 0.496 e. The Hall–Kier alpha value is -6.04. The molecule has 6 rings (SSSR count). The Bertz CT molecular complexity index is 2110. The smallest absolute Gasteiger partial charge is 0.407 e. The molecule has 2 aliphatic rings. The number of nitrogens with one attached hydrogen (secondary N) is 2. The van der Waals surface area contributed by atoms with Crippen molar-refractivity contribution < 1.29 is 48.0 Å². The Labute approximate surface area is 320 Å². The number of carboxylic acids is 1. The number of aliphatic carboxylic acids is 1. The molecule has 4 aromatic carbocycles. The molecule has 1 aliphatic heterocycles. The van der Waals surface area contributed by atoms with Gasteiger partial charge >= 0.3 is 18.0 Å². The molecule has 55 heavy (non-hydrogen) atoms. The van der Waals surface area contributed by atoms with Crippen LogP contribution in [0.1, 0.15) is 80.3 Å². The summed E-state index contributed by atoms with van der Waals surface area (Å²) >= 11 is 0. The number of amides is 2. The minimum Gasteiger partial charge on any atom is -0.496 e. The van der Waals surface area contributed by atoms with E-state index in [1.807, 2.05) is 74.5 Å². The fraction of sp³-hybridized carbons (Fsp3) is 0.349. The molecule has 1 atom stereocenters. The van der Waals surface area contributed by atoms with E-state index in [9.17, 15) is 24.3 Å². The standard InChI is InChI=1S/C43H46N2O10/c1-42(2,3)55-37(48)21-33(45-41(50)53-23-30-26-14-10-8-12-24(26)25-13-9-11-15-27(25)30)40(49)44-22-29-35(52-7)19-17-32-39(29)54-38-28(20-36(46)47)34(51-6)18-16-31(38)43(32,4)5/h8-19,30,33H,20-23H2,1-7H3,(H,44,49)(H,45,50)(H,46,47)/t33-/m1/s1. The third-order valence-corrected chi connectivity index (χ3v) is 9.94. The Morgan fingerprint density at radius 1 is 0.818 bits per heavy atom. The molecule has 288 valence electrons. The first kappa shape index (κ1) is 38.7. The third kappa shape index (κ3) is 7.94. The number of fused-ring (bicyclic) bond motifs is 5. The van der Waals surface area contributed by atoms with Gasteiger partial charge in [-0.25, -0.2) is 4.79 Å². The molecule has 4 aromatic rings. The number of carboxylic acid groups (broad SMARTS) is 1. The molecule has 0 bridgehead atoms. The highest BCUT2D eigenvalue weighted by Gasteiger charge is 2.39. The zero-order valence-corrected chi connectivity index (χ0v) is 32.0. The van der Waals surface area contributed by atoms with Gasteiger partial charge in [-0.3, -0.25) is 14.4 Å². The van der Waals surface area contributed by atoms with Crippen LogP contribution in [0.3, 0.4) is 0 Å². The number of carbonyl (C=O) groups is 4. The van der Waals surface area contributed by atoms with Gasteiger partial charge in [-0.1, -0.05) is 74.5 Å². The molecule has 0 radical (unpaired) electrons. The molecule has 1 heterocycles. The first-order valence-corrected chi connectivity index (χ1v) is 18.0. The van der Waals surface area contributed by atoms with Crippen molar-refractivity contribution in [1.29, 1.82) is 0 Å². The molecule has 12 heteroatoms. The maximum absolute atomic E-state index is 13.9. The monoisotopic (exact) mass is 750 g/mol. The van der Waals surface area contributed by atoms with Crippen LogP contribution < -0.4 is 24.8 Å². The summed E-state index contributed by atoms with van der Waals surface area (Å²) in [5.74, 6) is -1.15. The van der Waals surface area contributed by atoms with Crippen molar-refractivity contribution in [2.45, 2.75) is 77.0 Å². The average molecular weight is 751 g/mol. The number of hydrogen-bond acceptors (Lipinski definition) is 9. The average Bonchev–Trinajstić information content (AvgIpc) is 3.45. The Morgan fingerprint density at radius 2 is 1.36 bits per heavy atom. The van der Waals surface area contributed by atoms with Gasteiger partial charge in [0.05, 0.1) is 39.2 Å². The topological polar surface area (TPSA) is 159 Å². The van der Waals surface area contributed by atoms with Crippen LogP contribution in [0, 0.1) is 0 Å². The third-order valence-electron chi connectivity index (χ3n) is 9.94. The number of methoxy groups -OCH3 is 2. The van der Waals surface area contributed by atoms with E-state index in [1.165, 1.54) is 14.2 Å². The number of ether oxygens (including phenoxy) is 5. The summed E-state index contributed by atoms with van der Waals surface area (Å²) in [6.45, 7) is 8.99. The lowest BCUT2D eigenvalue weighted by Gasteiger charge is -2.37. The minimum atomic E-state index is -1.36. The summed E-state index contributed by atoms with van der Waals surface area (Å²) in [4.78, 5) is 52.3. The molecule has 0 fully saturated rings. The van der Waals surface area contributed by atoms with Crippen LogP contribution in [0.4, 0.5) is 4.79 Å². The maximum Gasteiger partial charge on any atom is 0.407 e. The molecule has 3 N–H and O–H groups in total. The summed E-state index contributed by atoms with van der Waals surface area (Å²) in [7, 11) is 2.95. The molecule has 0 saturated carbocycles. The van der Waals surface area contributed by atoms with Crippen LogP contribution in [0.25, 0.3) is 11.1 Å². The number of alkyl carbamates (subject to hydrolysis) is 1. The van der Waals surface area contributed by atoms with Crippen molar-refractivity contribution in [2.24, 2.45) is 0 Å². The molecule has 0 aromatic heterocycles. The van der Waals surface area contributed by atoms with Crippen LogP contribution in [0.15, 0.2) is 72.8 Å². The normalized spacial score (nSPS) is 14.2. The molecule has 0 unspecified atom stereocenters. The molecule has 12 nitrogen and oxygen atoms in total. The number of hydrogen-bond donors (Lipinski definition) is 3. The zero-order chi connectivity index (χ0) is 39.7. The predicted molar refractivity (Wildman–Crippen MR) is 204 cm³/mol. The quantitative estimate of drug-likeness (QED) is 0.129. The fourth-order valence-electron chi connectivity index (χ4n) is 7.39. The highest BCUT2D eigenvalue weighted by atomic mass is 16.6. The van der Waals surface area contributed by atoms with E-state index < -0.39 is 47.4 Å². The van der Waals surface area contributed by atoms with E-state index in [4.69, 9.17) is 23.7 Å². The van der Waals surface area contributed by atoms with Gasteiger partial charge in [-0.15, -0.1) is 0 Å².